The van der Waals surface area contributed by atoms with Crippen LogP contribution in [-0.2, 0) is 7.05 Å². The van der Waals surface area contributed by atoms with Crippen LogP contribution in [-0.4, -0.2) is 20.3 Å². The Morgan fingerprint density at radius 2 is 2.27 bits per heavy atom. The number of carbonyl (C=O) groups excluding carboxylic acids is 1. The maximum absolute atomic E-state index is 11.8. The molecular formula is C10H9N3O2. The highest BCUT2D eigenvalue weighted by molar-refractivity contribution is 6.05. The number of nitrogens with zero attached hydrogens (tertiary/aromatic N) is 2. The number of nitrogens with one attached hydrogen (secondary N) is 1. The van der Waals surface area contributed by atoms with Crippen molar-refractivity contribution in [3.05, 3.63) is 52.5 Å². The number of pyridine rings is 1. The van der Waals surface area contributed by atoms with E-state index in [2.05, 4.69) is 9.97 Å². The van der Waals surface area contributed by atoms with Gasteiger partial charge in [-0.2, -0.15) is 0 Å². The molecular weight excluding hydrogens is 194 g/mol. The Morgan fingerprint density at radius 3 is 2.87 bits per heavy atom. The molecule has 2 aromatic rings. The molecule has 0 aliphatic heterocycles. The topological polar surface area (TPSA) is 67.8 Å². The Kier molecular flexibility index (Phi) is 2.21. The first-order valence-electron chi connectivity index (χ1n) is 4.40. The van der Waals surface area contributed by atoms with Gasteiger partial charge < -0.3 is 9.55 Å². The average Bonchev–Trinajstić information content (AvgIpc) is 2.63. The fourth-order valence-electron chi connectivity index (χ4n) is 1.29. The Bertz CT molecular complexity index is 554. The van der Waals surface area contributed by atoms with E-state index in [1.165, 1.54) is 18.3 Å². The van der Waals surface area contributed by atoms with E-state index in [-0.39, 0.29) is 17.0 Å². The molecule has 0 fully saturated rings. The smallest absolute Gasteiger partial charge is 0.248 e. The van der Waals surface area contributed by atoms with Crippen LogP contribution in [0.25, 0.3) is 0 Å². The number of hydrogen-bond acceptors (Lipinski definition) is 3. The van der Waals surface area contributed by atoms with Gasteiger partial charge in [0.1, 0.15) is 0 Å². The molecule has 0 saturated heterocycles. The number of carbonyl (C=O) groups is 1. The lowest BCUT2D eigenvalue weighted by Gasteiger charge is -2.00. The molecule has 0 unspecified atom stereocenters. The van der Waals surface area contributed by atoms with Gasteiger partial charge in [0.25, 0.3) is 0 Å². The molecule has 5 heteroatoms. The van der Waals surface area contributed by atoms with Crippen LogP contribution < -0.4 is 5.56 Å². The highest BCUT2D eigenvalue weighted by Gasteiger charge is 2.13. The van der Waals surface area contributed by atoms with E-state index in [1.54, 1.807) is 23.9 Å². The summed E-state index contributed by atoms with van der Waals surface area (Å²) in [5.41, 5.74) is -0.0492. The van der Waals surface area contributed by atoms with Crippen molar-refractivity contribution in [3.63, 3.8) is 0 Å². The molecule has 0 aromatic carbocycles. The lowest BCUT2D eigenvalue weighted by Crippen LogP contribution is -2.15. The average molecular weight is 203 g/mol. The minimum atomic E-state index is -0.296. The minimum absolute atomic E-state index is 0.247. The van der Waals surface area contributed by atoms with Gasteiger partial charge in [-0.1, -0.05) is 6.07 Å². The zero-order chi connectivity index (χ0) is 10.8. The first-order valence-corrected chi connectivity index (χ1v) is 4.40. The van der Waals surface area contributed by atoms with Gasteiger partial charge in [0.05, 0.1) is 5.69 Å². The van der Waals surface area contributed by atoms with Crippen LogP contribution >= 0.6 is 0 Å². The summed E-state index contributed by atoms with van der Waals surface area (Å²) >= 11 is 0. The Balaban J connectivity index is 2.46. The van der Waals surface area contributed by atoms with Crippen LogP contribution in [0.3, 0.4) is 0 Å². The third-order valence-corrected chi connectivity index (χ3v) is 2.04. The number of H-pyrrole nitrogens is 1. The Morgan fingerprint density at radius 1 is 1.47 bits per heavy atom. The van der Waals surface area contributed by atoms with Gasteiger partial charge >= 0.3 is 0 Å². The van der Waals surface area contributed by atoms with E-state index in [0.29, 0.717) is 5.82 Å². The Labute approximate surface area is 85.4 Å². The van der Waals surface area contributed by atoms with Gasteiger partial charge in [-0.3, -0.25) is 9.59 Å². The van der Waals surface area contributed by atoms with Crippen molar-refractivity contribution in [1.29, 1.82) is 0 Å². The second-order valence-electron chi connectivity index (χ2n) is 3.12. The van der Waals surface area contributed by atoms with E-state index < -0.39 is 0 Å². The fraction of sp³-hybridized carbons (Fsp3) is 0.100. The third kappa shape index (κ3) is 1.71. The van der Waals surface area contributed by atoms with Crippen molar-refractivity contribution in [2.24, 2.45) is 7.05 Å². The standard InChI is InChI=1S/C10H9N3O2/c1-13-6-5-11-10(13)9(15)7-3-2-4-8(14)12-7/h2-6H,1H3,(H,12,14). The van der Waals surface area contributed by atoms with E-state index in [0.717, 1.165) is 0 Å². The van der Waals surface area contributed by atoms with Crippen molar-refractivity contribution in [2.75, 3.05) is 0 Å². The molecule has 0 saturated carbocycles. The molecule has 2 aromatic heterocycles. The summed E-state index contributed by atoms with van der Waals surface area (Å²) in [5, 5.41) is 0. The predicted molar refractivity (Wildman–Crippen MR) is 53.7 cm³/mol. The minimum Gasteiger partial charge on any atom is -0.331 e. The van der Waals surface area contributed by atoms with E-state index in [9.17, 15) is 9.59 Å². The van der Waals surface area contributed by atoms with Crippen LogP contribution in [0.4, 0.5) is 0 Å². The molecule has 0 aliphatic carbocycles. The van der Waals surface area contributed by atoms with Gasteiger partial charge in [-0.05, 0) is 6.07 Å². The molecule has 0 atom stereocenters. The summed E-state index contributed by atoms with van der Waals surface area (Å²) in [6, 6.07) is 4.45. The van der Waals surface area contributed by atoms with Crippen molar-refractivity contribution < 1.29 is 4.79 Å². The molecule has 15 heavy (non-hydrogen) atoms. The lowest BCUT2D eigenvalue weighted by atomic mass is 10.2. The quantitative estimate of drug-likeness (QED) is 0.715. The zero-order valence-corrected chi connectivity index (χ0v) is 8.10. The summed E-state index contributed by atoms with van der Waals surface area (Å²) < 4.78 is 1.60. The fourth-order valence-corrected chi connectivity index (χ4v) is 1.29. The van der Waals surface area contributed by atoms with Crippen LogP contribution in [0.15, 0.2) is 35.4 Å². The highest BCUT2D eigenvalue weighted by atomic mass is 16.1. The maximum atomic E-state index is 11.8. The largest absolute Gasteiger partial charge is 0.331 e. The van der Waals surface area contributed by atoms with Crippen LogP contribution in [0, 0.1) is 0 Å². The first-order chi connectivity index (χ1) is 7.18. The van der Waals surface area contributed by atoms with Crippen LogP contribution in [0.1, 0.15) is 16.3 Å². The molecule has 0 radical (unpaired) electrons. The maximum Gasteiger partial charge on any atom is 0.248 e. The van der Waals surface area contributed by atoms with Crippen LogP contribution in [0.2, 0.25) is 0 Å². The van der Waals surface area contributed by atoms with Gasteiger partial charge in [0, 0.05) is 25.5 Å². The van der Waals surface area contributed by atoms with E-state index >= 15 is 0 Å². The first kappa shape index (κ1) is 9.39. The molecule has 0 aliphatic rings. The van der Waals surface area contributed by atoms with Crippen molar-refractivity contribution in [3.8, 4) is 0 Å². The SMILES string of the molecule is Cn1ccnc1C(=O)c1cccc(=O)[nH]1. The summed E-state index contributed by atoms with van der Waals surface area (Å²) in [4.78, 5) is 29.2. The lowest BCUT2D eigenvalue weighted by molar-refractivity contribution is 0.102. The van der Waals surface area contributed by atoms with Gasteiger partial charge in [-0.15, -0.1) is 0 Å². The van der Waals surface area contributed by atoms with E-state index in [4.69, 9.17) is 0 Å². The van der Waals surface area contributed by atoms with E-state index in [1.807, 2.05) is 0 Å². The number of aryl methyl sites for hydroxylation is 1. The zero-order valence-electron chi connectivity index (χ0n) is 8.10. The summed E-state index contributed by atoms with van der Waals surface area (Å²) in [7, 11) is 1.72. The number of aromatic nitrogens is 3. The molecule has 2 rings (SSSR count). The molecule has 2 heterocycles. The second kappa shape index (κ2) is 3.53. The summed E-state index contributed by atoms with van der Waals surface area (Å²) in [6.45, 7) is 0. The predicted octanol–water partition coefficient (Wildman–Crippen LogP) is 0.339. The van der Waals surface area contributed by atoms with Gasteiger partial charge in [-0.25, -0.2) is 4.98 Å². The second-order valence-corrected chi connectivity index (χ2v) is 3.12. The number of imidazole rings is 1. The molecule has 1 N–H and O–H groups in total. The van der Waals surface area contributed by atoms with Crippen molar-refractivity contribution >= 4 is 5.78 Å². The summed E-state index contributed by atoms with van der Waals surface area (Å²) in [6.07, 6.45) is 3.21. The monoisotopic (exact) mass is 203 g/mol. The third-order valence-electron chi connectivity index (χ3n) is 2.04. The number of rotatable bonds is 2. The summed E-state index contributed by atoms with van der Waals surface area (Å²) in [5.74, 6) is 0.0112. The molecule has 76 valence electrons. The number of ketones is 1. The van der Waals surface area contributed by atoms with Gasteiger partial charge in [0.15, 0.2) is 5.82 Å². The Hall–Kier alpha value is -2.17. The van der Waals surface area contributed by atoms with Crippen molar-refractivity contribution in [1.82, 2.24) is 14.5 Å². The number of hydrogen-bond donors (Lipinski definition) is 1. The highest BCUT2D eigenvalue weighted by Crippen LogP contribution is 2.02. The number of aromatic amines is 1. The van der Waals surface area contributed by atoms with Crippen LogP contribution in [0.5, 0.6) is 0 Å². The molecule has 5 nitrogen and oxygen atoms in total. The molecule has 0 amide bonds. The van der Waals surface area contributed by atoms with Gasteiger partial charge in [0.2, 0.25) is 11.3 Å². The molecule has 0 bridgehead atoms. The van der Waals surface area contributed by atoms with Crippen molar-refractivity contribution in [2.45, 2.75) is 0 Å². The normalized spacial score (nSPS) is 10.2. The molecule has 0 spiro atoms.